The van der Waals surface area contributed by atoms with Crippen LogP contribution in [0, 0.1) is 58.7 Å². The van der Waals surface area contributed by atoms with Crippen molar-refractivity contribution < 1.29 is 4.74 Å². The van der Waals surface area contributed by atoms with Crippen LogP contribution in [0.3, 0.4) is 0 Å². The van der Waals surface area contributed by atoms with Crippen LogP contribution in [0.25, 0.3) is 0 Å². The molecule has 0 amide bonds. The Morgan fingerprint density at radius 3 is 2.40 bits per heavy atom. The fourth-order valence-corrected chi connectivity index (χ4v) is 14.9. The molecule has 5 fully saturated rings. The van der Waals surface area contributed by atoms with Gasteiger partial charge in [0.1, 0.15) is 18.2 Å². The number of amidine groups is 1. The average molecular weight is 678 g/mol. The minimum absolute atomic E-state index is 0.164. The van der Waals surface area contributed by atoms with Crippen molar-refractivity contribution in [2.24, 2.45) is 63.7 Å². The molecule has 13 unspecified atom stereocenters. The first-order chi connectivity index (χ1) is 24.8. The summed E-state index contributed by atoms with van der Waals surface area (Å²) < 4.78 is 7.13. The summed E-state index contributed by atoms with van der Waals surface area (Å²) in [6.07, 6.45) is 48.6. The normalized spacial score (nSPS) is 47.6. The Morgan fingerprint density at radius 1 is 0.680 bits per heavy atom. The molecule has 1 saturated heterocycles. The van der Waals surface area contributed by atoms with E-state index < -0.39 is 0 Å². The Balaban J connectivity index is 0.977. The highest BCUT2D eigenvalue weighted by Crippen LogP contribution is 2.73. The van der Waals surface area contributed by atoms with E-state index in [1.54, 1.807) is 5.57 Å². The minimum atomic E-state index is 0.164. The van der Waals surface area contributed by atoms with Gasteiger partial charge in [0.05, 0.1) is 12.2 Å². The second-order valence-electron chi connectivity index (χ2n) is 19.0. The van der Waals surface area contributed by atoms with Crippen molar-refractivity contribution in [3.05, 3.63) is 47.6 Å². The second kappa shape index (κ2) is 14.0. The Morgan fingerprint density at radius 2 is 1.54 bits per heavy atom. The van der Waals surface area contributed by atoms with Gasteiger partial charge in [-0.05, 0) is 154 Å². The van der Waals surface area contributed by atoms with Crippen molar-refractivity contribution in [1.82, 2.24) is 10.6 Å². The maximum absolute atomic E-state index is 7.13. The summed E-state index contributed by atoms with van der Waals surface area (Å²) in [4.78, 5) is 5.68. The van der Waals surface area contributed by atoms with Gasteiger partial charge in [-0.2, -0.15) is 0 Å². The summed E-state index contributed by atoms with van der Waals surface area (Å²) in [5.41, 5.74) is 3.57. The van der Waals surface area contributed by atoms with E-state index in [1.807, 2.05) is 0 Å². The topological polar surface area (TPSA) is 45.6 Å². The van der Waals surface area contributed by atoms with Crippen molar-refractivity contribution in [1.29, 1.82) is 0 Å². The molecule has 0 bridgehead atoms. The van der Waals surface area contributed by atoms with Gasteiger partial charge in [-0.25, -0.2) is 4.99 Å². The first-order valence-corrected chi connectivity index (χ1v) is 22.3. The molecule has 10 rings (SSSR count). The lowest BCUT2D eigenvalue weighted by Gasteiger charge is -2.62. The summed E-state index contributed by atoms with van der Waals surface area (Å²) in [7, 11) is 0. The lowest BCUT2D eigenvalue weighted by molar-refractivity contribution is -0.223. The van der Waals surface area contributed by atoms with Gasteiger partial charge in [0.15, 0.2) is 0 Å². The van der Waals surface area contributed by atoms with Crippen LogP contribution in [-0.2, 0) is 4.74 Å². The van der Waals surface area contributed by atoms with E-state index in [1.165, 1.54) is 159 Å². The summed E-state index contributed by atoms with van der Waals surface area (Å²) in [5.74, 6) is 8.40. The number of fused-ring (bicyclic) bond motifs is 9. The van der Waals surface area contributed by atoms with Crippen LogP contribution in [0.15, 0.2) is 52.6 Å². The van der Waals surface area contributed by atoms with E-state index in [0.717, 1.165) is 41.4 Å². The molecule has 2 aliphatic heterocycles. The van der Waals surface area contributed by atoms with Gasteiger partial charge in [-0.1, -0.05) is 94.2 Å². The predicted octanol–water partition coefficient (Wildman–Crippen LogP) is 10.6. The highest BCUT2D eigenvalue weighted by atomic mass is 16.5. The number of ether oxygens (including phenoxy) is 1. The zero-order valence-electron chi connectivity index (χ0n) is 31.1. The van der Waals surface area contributed by atoms with Gasteiger partial charge >= 0.3 is 0 Å². The Bertz CT molecular complexity index is 1400. The van der Waals surface area contributed by atoms with Crippen molar-refractivity contribution in [2.75, 3.05) is 0 Å². The quantitative estimate of drug-likeness (QED) is 0.291. The molecule has 0 aromatic carbocycles. The Hall–Kier alpha value is -1.65. The average Bonchev–Trinajstić information content (AvgIpc) is 3.48. The molecule has 4 heteroatoms. The van der Waals surface area contributed by atoms with Crippen LogP contribution < -0.4 is 10.6 Å². The van der Waals surface area contributed by atoms with Gasteiger partial charge in [0, 0.05) is 5.92 Å². The summed E-state index contributed by atoms with van der Waals surface area (Å²) in [5, 5.41) is 8.25. The minimum Gasteiger partial charge on any atom is -0.370 e. The third-order valence-corrected chi connectivity index (χ3v) is 16.9. The highest BCUT2D eigenvalue weighted by molar-refractivity contribution is 5.99. The number of hydrogen-bond donors (Lipinski definition) is 2. The molecule has 10 aliphatic rings. The van der Waals surface area contributed by atoms with E-state index in [9.17, 15) is 0 Å². The zero-order chi connectivity index (χ0) is 33.1. The van der Waals surface area contributed by atoms with Crippen LogP contribution in [0.4, 0.5) is 0 Å². The molecule has 50 heavy (non-hydrogen) atoms. The molecule has 272 valence electrons. The van der Waals surface area contributed by atoms with E-state index in [-0.39, 0.29) is 12.3 Å². The number of aliphatic imine (C=N–C) groups is 1. The number of hydrogen-bond acceptors (Lipinski definition) is 4. The van der Waals surface area contributed by atoms with Gasteiger partial charge < -0.3 is 10.1 Å². The smallest absolute Gasteiger partial charge is 0.127 e. The molecule has 1 spiro atoms. The largest absolute Gasteiger partial charge is 0.370 e. The first kappa shape index (κ1) is 33.0. The standard InChI is InChI=1S/C46H67N3O/c1-3-13-30(14-4-1)31-23-25-33(26-24-31)44-47-43(32-15-5-2-6-16-32)48-45(49-44)34-27-28-36-35-17-7-8-18-37(35)46(40(36)29-34)38-19-9-11-21-41(38)50-42-22-12-10-20-39(42)46/h11,15,21,25,27-28,30-31,34-42,44-45,49H,1-10,12-14,16-20,22-24,26,29H2,(H,47,48). The Labute approximate surface area is 303 Å². The number of nitrogens with zero attached hydrogens (tertiary/aromatic N) is 1. The fraction of sp³-hybridized carbons (Fsp3) is 0.804. The van der Waals surface area contributed by atoms with Crippen LogP contribution >= 0.6 is 0 Å². The maximum Gasteiger partial charge on any atom is 0.127 e. The summed E-state index contributed by atoms with van der Waals surface area (Å²) in [6.45, 7) is 0. The lowest BCUT2D eigenvalue weighted by Crippen LogP contribution is -2.62. The third-order valence-electron chi connectivity index (χ3n) is 16.9. The second-order valence-corrected chi connectivity index (χ2v) is 19.0. The number of rotatable bonds is 4. The SMILES string of the molecule is C1=CC2OC3CCCCC3C3(C2CC1)C1CC(C2N=C(C4=CCCCC4)NC(C4=CCC(C5CCCCC5)CC4)N2)C=CC1C1CCCCC13. The molecule has 13 atom stereocenters. The van der Waals surface area contributed by atoms with E-state index in [4.69, 9.17) is 9.73 Å². The highest BCUT2D eigenvalue weighted by Gasteiger charge is 2.69. The van der Waals surface area contributed by atoms with E-state index in [0.29, 0.717) is 29.5 Å². The molecule has 8 aliphatic carbocycles. The first-order valence-electron chi connectivity index (χ1n) is 22.3. The van der Waals surface area contributed by atoms with Crippen LogP contribution in [0.1, 0.15) is 148 Å². The van der Waals surface area contributed by atoms with Gasteiger partial charge in [-0.15, -0.1) is 0 Å². The van der Waals surface area contributed by atoms with E-state index in [2.05, 4.69) is 47.1 Å². The third kappa shape index (κ3) is 5.61. The molecule has 0 radical (unpaired) electrons. The zero-order valence-corrected chi connectivity index (χ0v) is 31.1. The molecular weight excluding hydrogens is 611 g/mol. The molecular formula is C46H67N3O. The van der Waals surface area contributed by atoms with Crippen LogP contribution in [0.2, 0.25) is 0 Å². The van der Waals surface area contributed by atoms with Gasteiger partial charge in [0.25, 0.3) is 0 Å². The van der Waals surface area contributed by atoms with Gasteiger partial charge in [0.2, 0.25) is 0 Å². The number of allylic oxidation sites excluding steroid dienone is 4. The van der Waals surface area contributed by atoms with Gasteiger partial charge in [-0.3, -0.25) is 5.32 Å². The van der Waals surface area contributed by atoms with Crippen LogP contribution in [-0.4, -0.2) is 30.4 Å². The fourth-order valence-electron chi connectivity index (χ4n) is 14.9. The maximum atomic E-state index is 7.13. The molecule has 2 heterocycles. The summed E-state index contributed by atoms with van der Waals surface area (Å²) in [6, 6.07) is 0. The van der Waals surface area contributed by atoms with Crippen LogP contribution in [0.5, 0.6) is 0 Å². The molecule has 0 aromatic heterocycles. The predicted molar refractivity (Wildman–Crippen MR) is 204 cm³/mol. The lowest BCUT2D eigenvalue weighted by atomic mass is 9.47. The van der Waals surface area contributed by atoms with Crippen molar-refractivity contribution in [2.45, 2.75) is 172 Å². The monoisotopic (exact) mass is 678 g/mol. The molecule has 0 aromatic rings. The van der Waals surface area contributed by atoms with Crippen molar-refractivity contribution >= 4 is 5.84 Å². The van der Waals surface area contributed by atoms with Crippen molar-refractivity contribution in [3.8, 4) is 0 Å². The number of nitrogens with one attached hydrogen (secondary N) is 2. The Kier molecular flexibility index (Phi) is 9.20. The summed E-state index contributed by atoms with van der Waals surface area (Å²) >= 11 is 0. The van der Waals surface area contributed by atoms with E-state index >= 15 is 0 Å². The van der Waals surface area contributed by atoms with Crippen molar-refractivity contribution in [3.63, 3.8) is 0 Å². The molecule has 4 saturated carbocycles. The molecule has 2 N–H and O–H groups in total. The molecule has 4 nitrogen and oxygen atoms in total.